The van der Waals surface area contributed by atoms with Crippen molar-refractivity contribution in [2.45, 2.75) is 57.4 Å². The second-order valence-electron chi connectivity index (χ2n) is 4.66. The second-order valence-corrected chi connectivity index (χ2v) is 4.66. The standard InChI is InChI=1S/C12H21N2O/c15-12(14-9-5-2-6-10-14)13-11-7-3-1-4-8-11/h9,11H,1-8,10H2,(H,13,15). The fourth-order valence-corrected chi connectivity index (χ4v) is 2.45. The van der Waals surface area contributed by atoms with Gasteiger partial charge >= 0.3 is 6.03 Å². The molecule has 1 saturated heterocycles. The molecule has 3 heteroatoms. The van der Waals surface area contributed by atoms with Crippen molar-refractivity contribution in [3.05, 3.63) is 6.54 Å². The van der Waals surface area contributed by atoms with Crippen molar-refractivity contribution in [2.75, 3.05) is 6.54 Å². The number of rotatable bonds is 1. The first kappa shape index (κ1) is 10.8. The summed E-state index contributed by atoms with van der Waals surface area (Å²) in [7, 11) is 0. The smallest absolute Gasteiger partial charge is 0.317 e. The molecule has 1 heterocycles. The van der Waals surface area contributed by atoms with Crippen LogP contribution in [0.15, 0.2) is 0 Å². The fourth-order valence-electron chi connectivity index (χ4n) is 2.45. The van der Waals surface area contributed by atoms with Crippen molar-refractivity contribution in [3.63, 3.8) is 0 Å². The molecule has 1 aliphatic carbocycles. The van der Waals surface area contributed by atoms with E-state index in [-0.39, 0.29) is 6.03 Å². The first-order chi connectivity index (χ1) is 7.36. The molecule has 0 bridgehead atoms. The minimum absolute atomic E-state index is 0.126. The van der Waals surface area contributed by atoms with Crippen LogP contribution in [0.3, 0.4) is 0 Å². The third kappa shape index (κ3) is 3.11. The molecule has 2 fully saturated rings. The van der Waals surface area contributed by atoms with E-state index in [4.69, 9.17) is 0 Å². The zero-order valence-electron chi connectivity index (χ0n) is 9.37. The van der Waals surface area contributed by atoms with Gasteiger partial charge in [-0.05, 0) is 32.1 Å². The van der Waals surface area contributed by atoms with E-state index in [1.165, 1.54) is 38.5 Å². The van der Waals surface area contributed by atoms with Gasteiger partial charge in [0.15, 0.2) is 0 Å². The zero-order chi connectivity index (χ0) is 10.5. The van der Waals surface area contributed by atoms with Crippen LogP contribution in [0, 0.1) is 6.54 Å². The Hall–Kier alpha value is -0.730. The molecule has 3 nitrogen and oxygen atoms in total. The lowest BCUT2D eigenvalue weighted by Crippen LogP contribution is -2.45. The molecule has 85 valence electrons. The molecular formula is C12H21N2O. The molecular weight excluding hydrogens is 188 g/mol. The summed E-state index contributed by atoms with van der Waals surface area (Å²) in [5, 5.41) is 3.14. The van der Waals surface area contributed by atoms with Crippen molar-refractivity contribution < 1.29 is 4.79 Å². The van der Waals surface area contributed by atoms with Gasteiger partial charge in [-0.2, -0.15) is 0 Å². The van der Waals surface area contributed by atoms with Crippen LogP contribution >= 0.6 is 0 Å². The molecule has 0 aromatic heterocycles. The van der Waals surface area contributed by atoms with Gasteiger partial charge < -0.3 is 10.2 Å². The molecule has 0 atom stereocenters. The van der Waals surface area contributed by atoms with Crippen LogP contribution in [0.1, 0.15) is 51.4 Å². The molecule has 0 aromatic rings. The normalized spacial score (nSPS) is 23.9. The highest BCUT2D eigenvalue weighted by Crippen LogP contribution is 2.18. The summed E-state index contributed by atoms with van der Waals surface area (Å²) in [6.07, 6.45) is 9.64. The summed E-state index contributed by atoms with van der Waals surface area (Å²) in [6, 6.07) is 0.558. The quantitative estimate of drug-likeness (QED) is 0.707. The van der Waals surface area contributed by atoms with Crippen molar-refractivity contribution >= 4 is 6.03 Å². The number of likely N-dealkylation sites (tertiary alicyclic amines) is 1. The molecule has 2 rings (SSSR count). The molecule has 1 saturated carbocycles. The van der Waals surface area contributed by atoms with Crippen molar-refractivity contribution in [2.24, 2.45) is 0 Å². The molecule has 1 aliphatic heterocycles. The third-order valence-corrected chi connectivity index (χ3v) is 3.40. The number of amides is 2. The van der Waals surface area contributed by atoms with Gasteiger partial charge in [-0.1, -0.05) is 19.3 Å². The molecule has 0 unspecified atom stereocenters. The molecule has 0 spiro atoms. The van der Waals surface area contributed by atoms with E-state index >= 15 is 0 Å². The molecule has 1 N–H and O–H groups in total. The van der Waals surface area contributed by atoms with Crippen LogP contribution in [-0.2, 0) is 0 Å². The number of nitrogens with zero attached hydrogens (tertiary/aromatic N) is 1. The monoisotopic (exact) mass is 209 g/mol. The predicted molar refractivity (Wildman–Crippen MR) is 60.3 cm³/mol. The van der Waals surface area contributed by atoms with E-state index in [1.54, 1.807) is 0 Å². The number of hydrogen-bond donors (Lipinski definition) is 1. The summed E-state index contributed by atoms with van der Waals surface area (Å²) in [4.78, 5) is 13.7. The summed E-state index contributed by atoms with van der Waals surface area (Å²) in [5.41, 5.74) is 0. The second kappa shape index (κ2) is 5.38. The minimum atomic E-state index is 0.126. The van der Waals surface area contributed by atoms with Crippen molar-refractivity contribution in [3.8, 4) is 0 Å². The van der Waals surface area contributed by atoms with Gasteiger partial charge in [0.05, 0.1) is 6.54 Å². The Morgan fingerprint density at radius 3 is 2.60 bits per heavy atom. The average Bonchev–Trinajstić information content (AvgIpc) is 2.31. The number of urea groups is 1. The largest absolute Gasteiger partial charge is 0.335 e. The summed E-state index contributed by atoms with van der Waals surface area (Å²) < 4.78 is 0. The lowest BCUT2D eigenvalue weighted by molar-refractivity contribution is 0.193. The van der Waals surface area contributed by atoms with E-state index in [0.29, 0.717) is 6.04 Å². The molecule has 15 heavy (non-hydrogen) atoms. The average molecular weight is 209 g/mol. The van der Waals surface area contributed by atoms with E-state index in [9.17, 15) is 4.79 Å². The summed E-state index contributed by atoms with van der Waals surface area (Å²) in [5.74, 6) is 0. The van der Waals surface area contributed by atoms with Gasteiger partial charge in [-0.25, -0.2) is 4.79 Å². The third-order valence-electron chi connectivity index (χ3n) is 3.40. The van der Waals surface area contributed by atoms with Gasteiger partial charge in [-0.3, -0.25) is 0 Å². The lowest BCUT2D eigenvalue weighted by atomic mass is 9.96. The van der Waals surface area contributed by atoms with Crippen LogP contribution in [0.5, 0.6) is 0 Å². The number of carbonyl (C=O) groups is 1. The van der Waals surface area contributed by atoms with Crippen LogP contribution in [0.25, 0.3) is 0 Å². The Morgan fingerprint density at radius 2 is 1.93 bits per heavy atom. The van der Waals surface area contributed by atoms with Crippen molar-refractivity contribution in [1.29, 1.82) is 0 Å². The van der Waals surface area contributed by atoms with Crippen molar-refractivity contribution in [1.82, 2.24) is 10.2 Å². The maximum atomic E-state index is 11.8. The Morgan fingerprint density at radius 1 is 1.13 bits per heavy atom. The zero-order valence-corrected chi connectivity index (χ0v) is 9.37. The maximum absolute atomic E-state index is 11.8. The first-order valence-electron chi connectivity index (χ1n) is 6.27. The highest BCUT2D eigenvalue weighted by Gasteiger charge is 2.21. The minimum Gasteiger partial charge on any atom is -0.335 e. The number of piperidine rings is 1. The van der Waals surface area contributed by atoms with E-state index in [2.05, 4.69) is 5.32 Å². The van der Waals surface area contributed by atoms with Crippen LogP contribution in [-0.4, -0.2) is 23.5 Å². The van der Waals surface area contributed by atoms with Gasteiger partial charge in [-0.15, -0.1) is 0 Å². The Labute approximate surface area is 92.2 Å². The Kier molecular flexibility index (Phi) is 3.87. The highest BCUT2D eigenvalue weighted by atomic mass is 16.2. The van der Waals surface area contributed by atoms with Crippen LogP contribution < -0.4 is 5.32 Å². The van der Waals surface area contributed by atoms with Gasteiger partial charge in [0.2, 0.25) is 0 Å². The SMILES string of the molecule is O=C(NC1CCCCC1)N1[CH]CCCC1. The molecule has 2 amide bonds. The molecule has 1 radical (unpaired) electrons. The first-order valence-corrected chi connectivity index (χ1v) is 6.27. The fraction of sp³-hybridized carbons (Fsp3) is 0.833. The number of carbonyl (C=O) groups excluding carboxylic acids is 1. The summed E-state index contributed by atoms with van der Waals surface area (Å²) in [6.45, 7) is 2.94. The molecule has 2 aliphatic rings. The Bertz CT molecular complexity index is 206. The van der Waals surface area contributed by atoms with E-state index in [0.717, 1.165) is 19.4 Å². The highest BCUT2D eigenvalue weighted by molar-refractivity contribution is 5.75. The number of nitrogens with one attached hydrogen (secondary N) is 1. The van der Waals surface area contributed by atoms with E-state index < -0.39 is 0 Å². The maximum Gasteiger partial charge on any atom is 0.317 e. The van der Waals surface area contributed by atoms with Crippen LogP contribution in [0.4, 0.5) is 4.79 Å². The summed E-state index contributed by atoms with van der Waals surface area (Å²) >= 11 is 0. The van der Waals surface area contributed by atoms with E-state index in [1.807, 2.05) is 11.4 Å². The number of hydrogen-bond acceptors (Lipinski definition) is 1. The van der Waals surface area contributed by atoms with Gasteiger partial charge in [0.1, 0.15) is 0 Å². The predicted octanol–water partition coefficient (Wildman–Crippen LogP) is 2.68. The lowest BCUT2D eigenvalue weighted by Gasteiger charge is -2.30. The molecule has 0 aromatic carbocycles. The van der Waals surface area contributed by atoms with Gasteiger partial charge in [0.25, 0.3) is 0 Å². The topological polar surface area (TPSA) is 32.3 Å². The van der Waals surface area contributed by atoms with Gasteiger partial charge in [0, 0.05) is 12.6 Å². The Balaban J connectivity index is 1.74. The van der Waals surface area contributed by atoms with Crippen LogP contribution in [0.2, 0.25) is 0 Å².